The number of piperidine rings is 2. The summed E-state index contributed by atoms with van der Waals surface area (Å²) < 4.78 is 32.9. The number of rotatable bonds is 5. The first-order chi connectivity index (χ1) is 15.3. The second-order valence-electron chi connectivity index (χ2n) is 8.05. The van der Waals surface area contributed by atoms with Crippen molar-refractivity contribution in [1.82, 2.24) is 14.7 Å². The number of esters is 1. The molecule has 0 aromatic carbocycles. The first kappa shape index (κ1) is 23.5. The quantitative estimate of drug-likeness (QED) is 0.614. The first-order valence-corrected chi connectivity index (χ1v) is 13.3. The minimum absolute atomic E-state index is 0.213. The summed E-state index contributed by atoms with van der Waals surface area (Å²) in [7, 11) is -3.61. The van der Waals surface area contributed by atoms with Crippen LogP contribution in [0.25, 0.3) is 0 Å². The number of thiophene rings is 1. The second kappa shape index (κ2) is 9.30. The molecule has 1 aromatic rings. The number of nitrogens with one attached hydrogen (secondary N) is 1. The highest BCUT2D eigenvalue weighted by Crippen LogP contribution is 2.36. The zero-order valence-corrected chi connectivity index (χ0v) is 20.1. The second-order valence-corrected chi connectivity index (χ2v) is 11.9. The fraction of sp³-hybridized carbons (Fsp3) is 0.600. The van der Waals surface area contributed by atoms with Crippen molar-refractivity contribution in [3.63, 3.8) is 0 Å². The Morgan fingerprint density at radius 3 is 2.69 bits per heavy atom. The van der Waals surface area contributed by atoms with E-state index in [2.05, 4.69) is 5.48 Å². The van der Waals surface area contributed by atoms with Crippen LogP contribution in [0, 0.1) is 0 Å². The smallest absolute Gasteiger partial charge is 0.328 e. The van der Waals surface area contributed by atoms with Gasteiger partial charge in [-0.25, -0.2) is 13.2 Å². The molecule has 32 heavy (non-hydrogen) atoms. The van der Waals surface area contributed by atoms with Crippen molar-refractivity contribution < 1.29 is 27.6 Å². The monoisotopic (exact) mass is 503 g/mol. The van der Waals surface area contributed by atoms with E-state index in [1.54, 1.807) is 24.0 Å². The maximum atomic E-state index is 13.1. The average Bonchev–Trinajstić information content (AvgIpc) is 3.41. The van der Waals surface area contributed by atoms with E-state index in [1.807, 2.05) is 0 Å². The summed E-state index contributed by atoms with van der Waals surface area (Å²) in [6, 6.07) is 2.48. The molecule has 1 aromatic heterocycles. The van der Waals surface area contributed by atoms with E-state index in [0.717, 1.165) is 24.2 Å². The molecule has 0 aliphatic carbocycles. The molecule has 176 valence electrons. The molecule has 3 aliphatic rings. The Morgan fingerprint density at radius 1 is 1.28 bits per heavy atom. The lowest BCUT2D eigenvalue weighted by atomic mass is 9.91. The molecule has 12 heteroatoms. The van der Waals surface area contributed by atoms with Crippen LogP contribution in [0.1, 0.15) is 39.0 Å². The zero-order chi connectivity index (χ0) is 22.9. The van der Waals surface area contributed by atoms with Gasteiger partial charge < -0.3 is 9.64 Å². The van der Waals surface area contributed by atoms with Crippen molar-refractivity contribution in [2.24, 2.45) is 0 Å². The molecule has 1 amide bonds. The summed E-state index contributed by atoms with van der Waals surface area (Å²) in [6.45, 7) is 3.00. The number of nitrogens with zero attached hydrogens (tertiary/aromatic N) is 2. The van der Waals surface area contributed by atoms with Gasteiger partial charge in [0.1, 0.15) is 21.5 Å². The number of carbonyl (C=O) groups is 2. The molecular weight excluding hydrogens is 478 g/mol. The van der Waals surface area contributed by atoms with E-state index >= 15 is 0 Å². The van der Waals surface area contributed by atoms with Crippen LogP contribution in [0.3, 0.4) is 0 Å². The van der Waals surface area contributed by atoms with E-state index in [4.69, 9.17) is 21.2 Å². The summed E-state index contributed by atoms with van der Waals surface area (Å²) in [6.07, 6.45) is 4.79. The fourth-order valence-corrected chi connectivity index (χ4v) is 7.39. The maximum Gasteiger partial charge on any atom is 0.328 e. The van der Waals surface area contributed by atoms with Gasteiger partial charge in [-0.2, -0.15) is 4.31 Å². The topological polar surface area (TPSA) is 105 Å². The number of hydroxylamine groups is 1. The Morgan fingerprint density at radius 2 is 2.03 bits per heavy atom. The highest BCUT2D eigenvalue weighted by atomic mass is 35.5. The van der Waals surface area contributed by atoms with Crippen LogP contribution >= 0.6 is 22.9 Å². The molecule has 0 saturated carbocycles. The normalized spacial score (nSPS) is 23.6. The van der Waals surface area contributed by atoms with Crippen LogP contribution in [0.15, 0.2) is 28.1 Å². The molecule has 1 N–H and O–H groups in total. The third kappa shape index (κ3) is 4.54. The lowest BCUT2D eigenvalue weighted by molar-refractivity contribution is -0.156. The van der Waals surface area contributed by atoms with Gasteiger partial charge in [-0.1, -0.05) is 11.6 Å². The molecule has 1 atom stereocenters. The van der Waals surface area contributed by atoms with Crippen molar-refractivity contribution in [2.45, 2.75) is 54.9 Å². The molecule has 0 bridgehead atoms. The number of hydrogen-bond donors (Lipinski definition) is 1. The molecule has 0 radical (unpaired) electrons. The Balaban J connectivity index is 1.44. The van der Waals surface area contributed by atoms with Gasteiger partial charge in [-0.05, 0) is 57.2 Å². The summed E-state index contributed by atoms with van der Waals surface area (Å²) in [5.74, 6) is -0.690. The molecule has 2 fully saturated rings. The predicted molar refractivity (Wildman–Crippen MR) is 118 cm³/mol. The van der Waals surface area contributed by atoms with Gasteiger partial charge in [0.15, 0.2) is 0 Å². The van der Waals surface area contributed by atoms with Gasteiger partial charge in [0.05, 0.1) is 10.9 Å². The van der Waals surface area contributed by atoms with Crippen LogP contribution < -0.4 is 5.48 Å². The summed E-state index contributed by atoms with van der Waals surface area (Å²) in [5.41, 5.74) is 2.24. The van der Waals surface area contributed by atoms with Gasteiger partial charge >= 0.3 is 5.97 Å². The van der Waals surface area contributed by atoms with Crippen LogP contribution in [0.2, 0.25) is 4.34 Å². The third-order valence-corrected chi connectivity index (χ3v) is 9.63. The Kier molecular flexibility index (Phi) is 6.83. The molecular formula is C20H26ClN3O6S2. The van der Waals surface area contributed by atoms with Gasteiger partial charge in [-0.15, -0.1) is 11.3 Å². The molecule has 1 spiro atoms. The Hall–Kier alpha value is -1.66. The Labute approximate surface area is 196 Å². The summed E-state index contributed by atoms with van der Waals surface area (Å²) in [4.78, 5) is 32.8. The summed E-state index contributed by atoms with van der Waals surface area (Å²) in [5, 5.41) is 0. The SMILES string of the molecule is CCOC(=O)C1CCCCN1C(=O)C1=CC2(CCN(S(=O)(=O)c3ccc(Cl)s3)CC2)ON1. The predicted octanol–water partition coefficient (Wildman–Crippen LogP) is 2.29. The lowest BCUT2D eigenvalue weighted by Gasteiger charge is -2.35. The minimum Gasteiger partial charge on any atom is -0.464 e. The number of likely N-dealkylation sites (tertiary alicyclic amines) is 1. The fourth-order valence-electron chi connectivity index (χ4n) is 4.31. The van der Waals surface area contributed by atoms with Crippen molar-refractivity contribution in [2.75, 3.05) is 26.2 Å². The van der Waals surface area contributed by atoms with E-state index in [-0.39, 0.29) is 41.5 Å². The van der Waals surface area contributed by atoms with E-state index < -0.39 is 21.7 Å². The lowest BCUT2D eigenvalue weighted by Crippen LogP contribution is -2.50. The molecule has 2 saturated heterocycles. The Bertz CT molecular complexity index is 1020. The molecule has 9 nitrogen and oxygen atoms in total. The minimum atomic E-state index is -3.61. The maximum absolute atomic E-state index is 13.1. The first-order valence-electron chi connectivity index (χ1n) is 10.7. The number of sulfonamides is 1. The highest BCUT2D eigenvalue weighted by molar-refractivity contribution is 7.91. The van der Waals surface area contributed by atoms with Gasteiger partial charge in [0.25, 0.3) is 15.9 Å². The van der Waals surface area contributed by atoms with E-state index in [0.29, 0.717) is 30.1 Å². The molecule has 4 rings (SSSR count). The number of halogens is 1. The van der Waals surface area contributed by atoms with Crippen LogP contribution in [-0.2, 0) is 29.2 Å². The third-order valence-electron chi connectivity index (χ3n) is 6.04. The molecule has 3 aliphatic heterocycles. The van der Waals surface area contributed by atoms with E-state index in [9.17, 15) is 18.0 Å². The number of carbonyl (C=O) groups excluding carboxylic acids is 2. The van der Waals surface area contributed by atoms with Crippen molar-refractivity contribution >= 4 is 44.8 Å². The van der Waals surface area contributed by atoms with Crippen LogP contribution in [0.4, 0.5) is 0 Å². The van der Waals surface area contributed by atoms with E-state index in [1.165, 1.54) is 10.4 Å². The van der Waals surface area contributed by atoms with Crippen LogP contribution in [-0.4, -0.2) is 67.4 Å². The molecule has 4 heterocycles. The van der Waals surface area contributed by atoms with Gasteiger partial charge in [-0.3, -0.25) is 15.1 Å². The molecule has 1 unspecified atom stereocenters. The highest BCUT2D eigenvalue weighted by Gasteiger charge is 2.44. The number of hydrogen-bond acceptors (Lipinski definition) is 8. The van der Waals surface area contributed by atoms with Crippen molar-refractivity contribution in [1.29, 1.82) is 0 Å². The van der Waals surface area contributed by atoms with Gasteiger partial charge in [0.2, 0.25) is 0 Å². The average molecular weight is 504 g/mol. The number of amides is 1. The largest absolute Gasteiger partial charge is 0.464 e. The summed E-state index contributed by atoms with van der Waals surface area (Å²) >= 11 is 6.93. The standard InChI is InChI=1S/C20H26ClN3O6S2/c1-2-29-19(26)15-5-3-4-10-24(15)18(25)14-13-20(30-22-14)8-11-23(12-9-20)32(27,28)17-7-6-16(21)31-17/h6-7,13,15,22H,2-5,8-12H2,1H3. The van der Waals surface area contributed by atoms with Crippen LogP contribution in [0.5, 0.6) is 0 Å². The van der Waals surface area contributed by atoms with Gasteiger partial charge in [0, 0.05) is 19.6 Å². The zero-order valence-electron chi connectivity index (χ0n) is 17.7. The van der Waals surface area contributed by atoms with Crippen molar-refractivity contribution in [3.8, 4) is 0 Å². The van der Waals surface area contributed by atoms with Crippen molar-refractivity contribution in [3.05, 3.63) is 28.2 Å². The number of ether oxygens (including phenoxy) is 1.